The number of furan rings is 2. The van der Waals surface area contributed by atoms with Crippen molar-refractivity contribution in [2.24, 2.45) is 0 Å². The molecule has 366 valence electrons. The first-order chi connectivity index (χ1) is 38.6. The van der Waals surface area contributed by atoms with Crippen molar-refractivity contribution in [1.29, 1.82) is 0 Å². The number of hydrogen-bond acceptors (Lipinski definition) is 3. The van der Waals surface area contributed by atoms with E-state index in [9.17, 15) is 0 Å². The summed E-state index contributed by atoms with van der Waals surface area (Å²) in [5.41, 5.74) is 17.0. The molecule has 16 rings (SSSR count). The minimum absolute atomic E-state index is 0.368. The maximum atomic E-state index is 16.8. The van der Waals surface area contributed by atoms with Crippen LogP contribution in [0.3, 0.4) is 0 Å². The van der Waals surface area contributed by atoms with E-state index in [0.717, 1.165) is 127 Å². The molecule has 78 heavy (non-hydrogen) atoms. The van der Waals surface area contributed by atoms with Crippen molar-refractivity contribution in [3.8, 4) is 67.4 Å². The van der Waals surface area contributed by atoms with E-state index in [0.29, 0.717) is 17.1 Å². The number of ether oxygens (including phenoxy) is 1. The van der Waals surface area contributed by atoms with Crippen molar-refractivity contribution in [1.82, 2.24) is 9.13 Å². The van der Waals surface area contributed by atoms with E-state index in [1.807, 2.05) is 60.7 Å². The van der Waals surface area contributed by atoms with Gasteiger partial charge >= 0.3 is 0 Å². The van der Waals surface area contributed by atoms with Crippen LogP contribution in [-0.2, 0) is 0 Å². The van der Waals surface area contributed by atoms with Crippen LogP contribution in [0.1, 0.15) is 0 Å². The predicted octanol–water partition coefficient (Wildman–Crippen LogP) is 20.3. The first-order valence-corrected chi connectivity index (χ1v) is 26.2. The fourth-order valence-corrected chi connectivity index (χ4v) is 12.3. The van der Waals surface area contributed by atoms with Gasteiger partial charge in [-0.15, -0.1) is 0 Å². The van der Waals surface area contributed by atoms with E-state index in [1.165, 1.54) is 16.8 Å². The molecular weight excluding hydrogens is 960 g/mol. The zero-order valence-corrected chi connectivity index (χ0v) is 41.8. The number of para-hydroxylation sites is 6. The summed E-state index contributed by atoms with van der Waals surface area (Å²) in [6.45, 7) is 0. The first-order valence-electron chi connectivity index (χ1n) is 26.2. The highest BCUT2D eigenvalue weighted by Crippen LogP contribution is 2.46. The van der Waals surface area contributed by atoms with Crippen molar-refractivity contribution in [3.63, 3.8) is 0 Å². The minimum Gasteiger partial charge on any atom is -0.457 e. The molecule has 0 aliphatic heterocycles. The fraction of sp³-hybridized carbons (Fsp3) is 0. The molecule has 0 atom stereocenters. The van der Waals surface area contributed by atoms with E-state index in [4.69, 9.17) is 13.6 Å². The number of halogens is 1. The zero-order valence-electron chi connectivity index (χ0n) is 41.8. The Morgan fingerprint density at radius 3 is 1.33 bits per heavy atom. The molecule has 0 N–H and O–H groups in total. The summed E-state index contributed by atoms with van der Waals surface area (Å²) in [4.78, 5) is 0. The smallest absolute Gasteiger partial charge is 0.136 e. The highest BCUT2D eigenvalue weighted by Gasteiger charge is 2.23. The molecular formula is C72H43FN2O3. The van der Waals surface area contributed by atoms with Crippen LogP contribution >= 0.6 is 0 Å². The largest absolute Gasteiger partial charge is 0.457 e. The van der Waals surface area contributed by atoms with Gasteiger partial charge in [0.25, 0.3) is 0 Å². The van der Waals surface area contributed by atoms with Gasteiger partial charge in [-0.25, -0.2) is 4.39 Å². The van der Waals surface area contributed by atoms with Crippen LogP contribution in [0.25, 0.3) is 143 Å². The number of rotatable bonds is 8. The molecule has 0 amide bonds. The van der Waals surface area contributed by atoms with Crippen molar-refractivity contribution in [3.05, 3.63) is 267 Å². The van der Waals surface area contributed by atoms with Crippen LogP contribution in [-0.4, -0.2) is 9.13 Å². The molecule has 0 fully saturated rings. The van der Waals surface area contributed by atoms with Gasteiger partial charge < -0.3 is 22.7 Å². The third kappa shape index (κ3) is 6.86. The summed E-state index contributed by atoms with van der Waals surface area (Å²) in [6.07, 6.45) is 0. The Labute approximate surface area is 446 Å². The number of aromatic nitrogens is 2. The van der Waals surface area contributed by atoms with Crippen molar-refractivity contribution in [2.75, 3.05) is 0 Å². The van der Waals surface area contributed by atoms with Gasteiger partial charge in [0.2, 0.25) is 0 Å². The lowest BCUT2D eigenvalue weighted by atomic mass is 9.91. The Morgan fingerprint density at radius 1 is 0.282 bits per heavy atom. The standard InChI is InChI=1S/C72H43FN2O3/c73-48-38-47(72-51(44-35-37-69-60(41-44)58-23-6-12-33-68(58)77-69)24-14-31-66(72)75-63-28-9-3-20-55(63)56-21-4-10-29-64(56)75)40-50(43-48)76-49-17-13-16-46(39-49)71-52(45-34-36-59-57-22-5-11-32-67(57)78-70(59)42-45)25-15-30-65(71)74-61-26-7-1-18-53(61)54-19-2-8-27-62(54)74/h1-43H. The van der Waals surface area contributed by atoms with Crippen LogP contribution in [0.5, 0.6) is 11.5 Å². The molecule has 0 unspecified atom stereocenters. The van der Waals surface area contributed by atoms with E-state index in [1.54, 1.807) is 6.07 Å². The molecule has 0 aliphatic carbocycles. The van der Waals surface area contributed by atoms with Crippen molar-refractivity contribution >= 4 is 87.5 Å². The normalized spacial score (nSPS) is 11.9. The SMILES string of the molecule is Fc1cc(Oc2cccc(-c3c(-c4ccc5c(c4)oc4ccccc45)cccc3-n3c4ccccc4c4ccccc43)c2)cc(-c2c(-c3ccc4oc5ccccc5c4c3)cccc2-n2c3ccccc3c3ccccc32)c1. The lowest BCUT2D eigenvalue weighted by molar-refractivity contribution is 0.477. The van der Waals surface area contributed by atoms with Crippen LogP contribution in [0, 0.1) is 5.82 Å². The lowest BCUT2D eigenvalue weighted by Gasteiger charge is -2.20. The second-order valence-electron chi connectivity index (χ2n) is 20.1. The Bertz CT molecular complexity index is 5000. The third-order valence-electron chi connectivity index (χ3n) is 15.6. The van der Waals surface area contributed by atoms with Gasteiger partial charge in [-0.3, -0.25) is 0 Å². The molecule has 0 saturated heterocycles. The van der Waals surface area contributed by atoms with Gasteiger partial charge in [-0.1, -0.05) is 158 Å². The maximum absolute atomic E-state index is 16.8. The molecule has 4 heterocycles. The van der Waals surface area contributed by atoms with Crippen LogP contribution < -0.4 is 4.74 Å². The molecule has 0 spiro atoms. The van der Waals surface area contributed by atoms with Gasteiger partial charge in [0, 0.05) is 60.3 Å². The van der Waals surface area contributed by atoms with E-state index >= 15 is 4.39 Å². The van der Waals surface area contributed by atoms with Gasteiger partial charge in [-0.05, 0) is 130 Å². The van der Waals surface area contributed by atoms with Crippen LogP contribution in [0.2, 0.25) is 0 Å². The maximum Gasteiger partial charge on any atom is 0.136 e. The molecule has 4 aromatic heterocycles. The number of hydrogen-bond donors (Lipinski definition) is 0. The van der Waals surface area contributed by atoms with Gasteiger partial charge in [0.15, 0.2) is 0 Å². The van der Waals surface area contributed by atoms with E-state index in [-0.39, 0.29) is 0 Å². The van der Waals surface area contributed by atoms with Crippen molar-refractivity contribution in [2.45, 2.75) is 0 Å². The second-order valence-corrected chi connectivity index (χ2v) is 20.1. The Morgan fingerprint density at radius 2 is 0.731 bits per heavy atom. The summed E-state index contributed by atoms with van der Waals surface area (Å²) in [5, 5.41) is 8.81. The van der Waals surface area contributed by atoms with Crippen molar-refractivity contribution < 1.29 is 18.0 Å². The molecule has 5 nitrogen and oxygen atoms in total. The van der Waals surface area contributed by atoms with Gasteiger partial charge in [0.05, 0.1) is 33.4 Å². The van der Waals surface area contributed by atoms with E-state index < -0.39 is 5.82 Å². The predicted molar refractivity (Wildman–Crippen MR) is 318 cm³/mol. The van der Waals surface area contributed by atoms with Crippen LogP contribution in [0.15, 0.2) is 270 Å². The Balaban J connectivity index is 0.878. The molecule has 0 bridgehead atoms. The zero-order chi connectivity index (χ0) is 51.4. The fourth-order valence-electron chi connectivity index (χ4n) is 12.3. The minimum atomic E-state index is -0.419. The quantitative estimate of drug-likeness (QED) is 0.152. The molecule has 6 heteroatoms. The summed E-state index contributed by atoms with van der Waals surface area (Å²) in [6, 6.07) is 89.4. The topological polar surface area (TPSA) is 45.4 Å². The summed E-state index contributed by atoms with van der Waals surface area (Å²) in [5.74, 6) is 0.512. The number of fused-ring (bicyclic) bond motifs is 12. The lowest BCUT2D eigenvalue weighted by Crippen LogP contribution is -2.00. The first kappa shape index (κ1) is 43.9. The summed E-state index contributed by atoms with van der Waals surface area (Å²) in [7, 11) is 0. The number of benzene rings is 12. The average molecular weight is 1000 g/mol. The molecule has 12 aromatic carbocycles. The van der Waals surface area contributed by atoms with Gasteiger partial charge in [-0.2, -0.15) is 0 Å². The highest BCUT2D eigenvalue weighted by atomic mass is 19.1. The average Bonchev–Trinajstić information content (AvgIpc) is 4.36. The van der Waals surface area contributed by atoms with Crippen LogP contribution in [0.4, 0.5) is 4.39 Å². The molecule has 0 radical (unpaired) electrons. The monoisotopic (exact) mass is 1000 g/mol. The second kappa shape index (κ2) is 17.3. The Kier molecular flexibility index (Phi) is 9.75. The molecule has 16 aromatic rings. The highest BCUT2D eigenvalue weighted by molar-refractivity contribution is 6.13. The molecule has 0 aliphatic rings. The third-order valence-corrected chi connectivity index (χ3v) is 15.6. The Hall–Kier alpha value is -10.4. The number of nitrogens with zero attached hydrogens (tertiary/aromatic N) is 2. The summed E-state index contributed by atoms with van der Waals surface area (Å²) >= 11 is 0. The summed E-state index contributed by atoms with van der Waals surface area (Å²) < 4.78 is 41.2. The van der Waals surface area contributed by atoms with E-state index in [2.05, 4.69) is 197 Å². The molecule has 0 saturated carbocycles. The van der Waals surface area contributed by atoms with Gasteiger partial charge in [0.1, 0.15) is 39.6 Å².